The lowest BCUT2D eigenvalue weighted by molar-refractivity contribution is 0.399. The summed E-state index contributed by atoms with van der Waals surface area (Å²) in [4.78, 5) is 26.0. The Morgan fingerprint density at radius 3 is 2.27 bits per heavy atom. The van der Waals surface area contributed by atoms with Crippen molar-refractivity contribution >= 4 is 0 Å². The Morgan fingerprint density at radius 2 is 1.69 bits per heavy atom. The van der Waals surface area contributed by atoms with Crippen LogP contribution >= 0.6 is 0 Å². The number of nitrogens with one attached hydrogen (secondary N) is 1. The molecule has 0 saturated carbocycles. The van der Waals surface area contributed by atoms with E-state index < -0.39 is 11.2 Å². The Labute approximate surface area is 151 Å². The summed E-state index contributed by atoms with van der Waals surface area (Å²) in [5, 5.41) is 0. The number of hydrogen-bond donors (Lipinski definition) is 1. The second-order valence-corrected chi connectivity index (χ2v) is 7.17. The Balaban J connectivity index is 2.37. The molecule has 0 atom stereocenters. The fourth-order valence-electron chi connectivity index (χ4n) is 2.98. The summed E-state index contributed by atoms with van der Waals surface area (Å²) in [6, 6.07) is 15.1. The maximum absolute atomic E-state index is 12.3. The Morgan fingerprint density at radius 1 is 1.00 bits per heavy atom. The van der Waals surface area contributed by atoms with E-state index in [1.54, 1.807) is 7.11 Å². The molecule has 0 unspecified atom stereocenters. The molecule has 0 aliphatic heterocycles. The quantitative estimate of drug-likeness (QED) is 0.786. The van der Waals surface area contributed by atoms with Gasteiger partial charge >= 0.3 is 5.69 Å². The van der Waals surface area contributed by atoms with E-state index in [-0.39, 0.29) is 5.41 Å². The molecular formula is C21H22N2O3. The standard InChI is InChI=1S/C21H22N2O3/c1-21(2,3)17-13-15(23-11-10-18(24)22-20(23)25)12-16(19(17)26-4)14-8-6-5-7-9-14/h5-13H,1-4H3,(H,22,24,25). The average Bonchev–Trinajstić information content (AvgIpc) is 2.60. The largest absolute Gasteiger partial charge is 0.496 e. The van der Waals surface area contributed by atoms with Gasteiger partial charge in [0.15, 0.2) is 0 Å². The molecule has 1 N–H and O–H groups in total. The first-order chi connectivity index (χ1) is 12.3. The molecule has 5 heteroatoms. The van der Waals surface area contributed by atoms with E-state index in [2.05, 4.69) is 25.8 Å². The van der Waals surface area contributed by atoms with E-state index in [1.165, 1.54) is 16.8 Å². The number of aromatic amines is 1. The Hall–Kier alpha value is -3.08. The molecule has 134 valence electrons. The molecule has 0 amide bonds. The van der Waals surface area contributed by atoms with E-state index in [4.69, 9.17) is 4.74 Å². The lowest BCUT2D eigenvalue weighted by Crippen LogP contribution is -2.27. The summed E-state index contributed by atoms with van der Waals surface area (Å²) in [6.07, 6.45) is 1.49. The number of rotatable bonds is 3. The van der Waals surface area contributed by atoms with Gasteiger partial charge in [-0.15, -0.1) is 0 Å². The van der Waals surface area contributed by atoms with Crippen LogP contribution in [0.3, 0.4) is 0 Å². The van der Waals surface area contributed by atoms with Crippen molar-refractivity contribution in [2.75, 3.05) is 7.11 Å². The minimum atomic E-state index is -0.471. The van der Waals surface area contributed by atoms with Crippen LogP contribution in [0, 0.1) is 0 Å². The number of hydrogen-bond acceptors (Lipinski definition) is 3. The van der Waals surface area contributed by atoms with E-state index in [9.17, 15) is 9.59 Å². The molecule has 26 heavy (non-hydrogen) atoms. The predicted molar refractivity (Wildman–Crippen MR) is 103 cm³/mol. The fourth-order valence-corrected chi connectivity index (χ4v) is 2.98. The summed E-state index contributed by atoms with van der Waals surface area (Å²) in [5.74, 6) is 0.782. The summed E-state index contributed by atoms with van der Waals surface area (Å²) >= 11 is 0. The number of methoxy groups -OCH3 is 1. The second-order valence-electron chi connectivity index (χ2n) is 7.17. The summed E-state index contributed by atoms with van der Waals surface area (Å²) < 4.78 is 7.19. The lowest BCUT2D eigenvalue weighted by Gasteiger charge is -2.25. The monoisotopic (exact) mass is 350 g/mol. The van der Waals surface area contributed by atoms with Crippen molar-refractivity contribution in [1.29, 1.82) is 0 Å². The molecule has 3 aromatic rings. The number of aromatic nitrogens is 2. The highest BCUT2D eigenvalue weighted by Crippen LogP contribution is 2.40. The van der Waals surface area contributed by atoms with Crippen LogP contribution in [0.25, 0.3) is 16.8 Å². The highest BCUT2D eigenvalue weighted by Gasteiger charge is 2.23. The van der Waals surface area contributed by atoms with Gasteiger partial charge in [0.25, 0.3) is 5.56 Å². The van der Waals surface area contributed by atoms with E-state index in [1.807, 2.05) is 42.5 Å². The summed E-state index contributed by atoms with van der Waals surface area (Å²) in [6.45, 7) is 6.29. The maximum Gasteiger partial charge on any atom is 0.332 e. The van der Waals surface area contributed by atoms with Crippen molar-refractivity contribution in [2.45, 2.75) is 26.2 Å². The number of H-pyrrole nitrogens is 1. The van der Waals surface area contributed by atoms with Crippen molar-refractivity contribution in [3.05, 3.63) is 81.1 Å². The van der Waals surface area contributed by atoms with Gasteiger partial charge in [0.1, 0.15) is 5.75 Å². The van der Waals surface area contributed by atoms with Crippen LogP contribution in [-0.4, -0.2) is 16.7 Å². The van der Waals surface area contributed by atoms with E-state index in [0.29, 0.717) is 5.69 Å². The van der Waals surface area contributed by atoms with Crippen molar-refractivity contribution in [3.63, 3.8) is 0 Å². The smallest absolute Gasteiger partial charge is 0.332 e. The number of nitrogens with zero attached hydrogens (tertiary/aromatic N) is 1. The van der Waals surface area contributed by atoms with Crippen LogP contribution < -0.4 is 16.0 Å². The zero-order valence-corrected chi connectivity index (χ0v) is 15.4. The summed E-state index contributed by atoms with van der Waals surface area (Å²) in [5.41, 5.74) is 2.46. The molecule has 1 aromatic heterocycles. The third kappa shape index (κ3) is 3.33. The van der Waals surface area contributed by atoms with Crippen molar-refractivity contribution < 1.29 is 4.74 Å². The first kappa shape index (κ1) is 17.7. The first-order valence-corrected chi connectivity index (χ1v) is 8.41. The average molecular weight is 350 g/mol. The molecule has 2 aromatic carbocycles. The van der Waals surface area contributed by atoms with E-state index >= 15 is 0 Å². The molecule has 0 aliphatic carbocycles. The van der Waals surface area contributed by atoms with Gasteiger partial charge in [-0.05, 0) is 23.1 Å². The third-order valence-electron chi connectivity index (χ3n) is 4.27. The molecule has 0 spiro atoms. The third-order valence-corrected chi connectivity index (χ3v) is 4.27. The van der Waals surface area contributed by atoms with Gasteiger partial charge < -0.3 is 4.74 Å². The summed E-state index contributed by atoms with van der Waals surface area (Å²) in [7, 11) is 1.66. The van der Waals surface area contributed by atoms with Crippen LogP contribution in [0.2, 0.25) is 0 Å². The highest BCUT2D eigenvalue weighted by atomic mass is 16.5. The van der Waals surface area contributed by atoms with Gasteiger partial charge in [-0.25, -0.2) is 4.79 Å². The molecule has 0 fully saturated rings. The van der Waals surface area contributed by atoms with Gasteiger partial charge in [0, 0.05) is 23.4 Å². The van der Waals surface area contributed by atoms with Crippen LogP contribution in [0.1, 0.15) is 26.3 Å². The van der Waals surface area contributed by atoms with Crippen LogP contribution in [0.4, 0.5) is 0 Å². The number of benzene rings is 2. The zero-order chi connectivity index (χ0) is 18.9. The predicted octanol–water partition coefficient (Wildman–Crippen LogP) is 3.50. The van der Waals surface area contributed by atoms with E-state index in [0.717, 1.165) is 22.4 Å². The van der Waals surface area contributed by atoms with Crippen LogP contribution in [0.15, 0.2) is 64.3 Å². The van der Waals surface area contributed by atoms with Gasteiger partial charge in [-0.2, -0.15) is 0 Å². The van der Waals surface area contributed by atoms with Crippen molar-refractivity contribution in [2.24, 2.45) is 0 Å². The molecule has 3 rings (SSSR count). The van der Waals surface area contributed by atoms with Gasteiger partial charge in [-0.1, -0.05) is 51.1 Å². The molecule has 0 aliphatic rings. The van der Waals surface area contributed by atoms with Crippen LogP contribution in [0.5, 0.6) is 5.75 Å². The van der Waals surface area contributed by atoms with Crippen molar-refractivity contribution in [3.8, 4) is 22.6 Å². The Bertz CT molecular complexity index is 1040. The topological polar surface area (TPSA) is 64.1 Å². The highest BCUT2D eigenvalue weighted by molar-refractivity contribution is 5.75. The maximum atomic E-state index is 12.3. The fraction of sp³-hybridized carbons (Fsp3) is 0.238. The normalized spacial score (nSPS) is 11.4. The molecule has 0 radical (unpaired) electrons. The van der Waals surface area contributed by atoms with Gasteiger partial charge in [-0.3, -0.25) is 14.3 Å². The Kier molecular flexibility index (Phi) is 4.55. The van der Waals surface area contributed by atoms with Gasteiger partial charge in [0.2, 0.25) is 0 Å². The lowest BCUT2D eigenvalue weighted by atomic mass is 9.83. The molecular weight excluding hydrogens is 328 g/mol. The minimum absolute atomic E-state index is 0.198. The molecule has 0 bridgehead atoms. The van der Waals surface area contributed by atoms with Gasteiger partial charge in [0.05, 0.1) is 12.8 Å². The zero-order valence-electron chi connectivity index (χ0n) is 15.4. The van der Waals surface area contributed by atoms with Crippen LogP contribution in [-0.2, 0) is 5.41 Å². The minimum Gasteiger partial charge on any atom is -0.496 e. The number of ether oxygens (including phenoxy) is 1. The molecule has 1 heterocycles. The SMILES string of the molecule is COc1c(-c2ccccc2)cc(-n2ccc(=O)[nH]c2=O)cc1C(C)(C)C. The van der Waals surface area contributed by atoms with Crippen molar-refractivity contribution in [1.82, 2.24) is 9.55 Å². The first-order valence-electron chi connectivity index (χ1n) is 8.41. The second kappa shape index (κ2) is 6.67. The molecule has 0 saturated heterocycles. The molecule has 5 nitrogen and oxygen atoms in total.